The van der Waals surface area contributed by atoms with Crippen LogP contribution in [0.2, 0.25) is 0 Å². The largest absolute Gasteiger partial charge is 0.383 e. The normalized spacial score (nSPS) is 18.4. The molecule has 0 aromatic carbocycles. The number of hydrogen-bond acceptors (Lipinski definition) is 5. The van der Waals surface area contributed by atoms with Gasteiger partial charge in [-0.2, -0.15) is 11.8 Å². The lowest BCUT2D eigenvalue weighted by molar-refractivity contribution is 0.514. The summed E-state index contributed by atoms with van der Waals surface area (Å²) < 4.78 is 0. The number of aromatic nitrogens is 1. The first-order valence-electron chi connectivity index (χ1n) is 7.00. The third-order valence-corrected chi connectivity index (χ3v) is 5.18. The first kappa shape index (κ1) is 14.6. The van der Waals surface area contributed by atoms with Gasteiger partial charge in [0.1, 0.15) is 5.82 Å². The summed E-state index contributed by atoms with van der Waals surface area (Å²) in [5, 5.41) is 0.781. The molecular weight excluding hydrogens is 256 g/mol. The lowest BCUT2D eigenvalue weighted by Crippen LogP contribution is -2.31. The summed E-state index contributed by atoms with van der Waals surface area (Å²) in [6, 6.07) is 2.16. The Balaban J connectivity index is 1.97. The first-order valence-corrected chi connectivity index (χ1v) is 8.05. The van der Waals surface area contributed by atoms with Gasteiger partial charge in [-0.15, -0.1) is 0 Å². The topological polar surface area (TPSA) is 77.0 Å². The summed E-state index contributed by atoms with van der Waals surface area (Å²) in [6.07, 6.45) is 8.59. The van der Waals surface area contributed by atoms with Gasteiger partial charge in [0.25, 0.3) is 0 Å². The van der Waals surface area contributed by atoms with Crippen molar-refractivity contribution in [2.75, 3.05) is 11.5 Å². The van der Waals surface area contributed by atoms with E-state index in [1.165, 1.54) is 32.1 Å². The highest BCUT2D eigenvalue weighted by Gasteiger charge is 2.19. The van der Waals surface area contributed by atoms with Crippen LogP contribution in [0.25, 0.3) is 0 Å². The summed E-state index contributed by atoms with van der Waals surface area (Å²) in [5.41, 5.74) is 11.0. The highest BCUT2D eigenvalue weighted by atomic mass is 32.2. The molecule has 5 heteroatoms. The highest BCUT2D eigenvalue weighted by molar-refractivity contribution is 7.99. The van der Waals surface area contributed by atoms with Crippen molar-refractivity contribution in [3.8, 4) is 0 Å². The fourth-order valence-corrected chi connectivity index (χ4v) is 3.98. The zero-order valence-corrected chi connectivity index (χ0v) is 12.4. The molecule has 1 heterocycles. The van der Waals surface area contributed by atoms with Gasteiger partial charge in [0.05, 0.1) is 6.04 Å². The lowest BCUT2D eigenvalue weighted by Gasteiger charge is -2.24. The number of nitrogens with zero attached hydrogens (tertiary/aromatic N) is 1. The number of hydrazine groups is 1. The Hall–Kier alpha value is -0.780. The molecule has 1 atom stereocenters. The number of nitrogens with two attached hydrogens (primary N) is 2. The van der Waals surface area contributed by atoms with E-state index in [0.717, 1.165) is 22.1 Å². The highest BCUT2D eigenvalue weighted by Crippen LogP contribution is 2.31. The van der Waals surface area contributed by atoms with E-state index in [4.69, 9.17) is 11.6 Å². The van der Waals surface area contributed by atoms with Gasteiger partial charge in [0, 0.05) is 22.8 Å². The molecular formula is C14H24N4S. The Kier molecular flexibility index (Phi) is 5.48. The smallest absolute Gasteiger partial charge is 0.128 e. The Labute approximate surface area is 119 Å². The van der Waals surface area contributed by atoms with Crippen molar-refractivity contribution in [1.82, 2.24) is 10.4 Å². The molecule has 2 rings (SSSR count). The minimum absolute atomic E-state index is 0.0827. The van der Waals surface area contributed by atoms with Crippen LogP contribution in [0.3, 0.4) is 0 Å². The third kappa shape index (κ3) is 4.09. The molecule has 0 radical (unpaired) electrons. The van der Waals surface area contributed by atoms with Gasteiger partial charge >= 0.3 is 0 Å². The van der Waals surface area contributed by atoms with Gasteiger partial charge in [-0.05, 0) is 31.4 Å². The van der Waals surface area contributed by atoms with Crippen LogP contribution in [0.15, 0.2) is 12.3 Å². The van der Waals surface area contributed by atoms with Gasteiger partial charge in [-0.1, -0.05) is 19.3 Å². The van der Waals surface area contributed by atoms with Crippen LogP contribution >= 0.6 is 11.8 Å². The summed E-state index contributed by atoms with van der Waals surface area (Å²) >= 11 is 2.01. The van der Waals surface area contributed by atoms with Crippen molar-refractivity contribution < 1.29 is 0 Å². The van der Waals surface area contributed by atoms with Crippen LogP contribution in [-0.2, 0) is 0 Å². The van der Waals surface area contributed by atoms with Gasteiger partial charge in [0.2, 0.25) is 0 Å². The molecule has 5 N–H and O–H groups in total. The van der Waals surface area contributed by atoms with Crippen molar-refractivity contribution in [2.24, 2.45) is 5.84 Å². The zero-order chi connectivity index (χ0) is 13.7. The fraction of sp³-hybridized carbons (Fsp3) is 0.643. The number of pyridine rings is 1. The summed E-state index contributed by atoms with van der Waals surface area (Å²) in [4.78, 5) is 4.22. The summed E-state index contributed by atoms with van der Waals surface area (Å²) in [6.45, 7) is 2.03. The van der Waals surface area contributed by atoms with Crippen molar-refractivity contribution in [2.45, 2.75) is 50.3 Å². The SMILES string of the molecule is Cc1cnc(N)c(C(CSC2CCCCC2)NN)c1. The van der Waals surface area contributed by atoms with E-state index < -0.39 is 0 Å². The maximum Gasteiger partial charge on any atom is 0.128 e. The molecule has 1 aromatic rings. The predicted molar refractivity (Wildman–Crippen MR) is 82.8 cm³/mol. The second-order valence-electron chi connectivity index (χ2n) is 5.30. The molecule has 1 aliphatic rings. The maximum absolute atomic E-state index is 5.96. The van der Waals surface area contributed by atoms with Gasteiger partial charge in [-0.25, -0.2) is 4.98 Å². The molecule has 0 aliphatic heterocycles. The standard InChI is InChI=1S/C14H24N4S/c1-10-7-12(14(15)17-8-10)13(18-16)9-19-11-5-3-2-4-6-11/h7-8,11,13,18H,2-6,9,16H2,1H3,(H2,15,17). The van der Waals surface area contributed by atoms with Crippen LogP contribution in [0.5, 0.6) is 0 Å². The van der Waals surface area contributed by atoms with E-state index in [1.807, 2.05) is 18.7 Å². The number of aryl methyl sites for hydroxylation is 1. The van der Waals surface area contributed by atoms with Crippen molar-refractivity contribution >= 4 is 17.6 Å². The van der Waals surface area contributed by atoms with E-state index in [1.54, 1.807) is 6.20 Å². The van der Waals surface area contributed by atoms with Crippen LogP contribution in [0.1, 0.15) is 49.3 Å². The molecule has 0 saturated heterocycles. The van der Waals surface area contributed by atoms with Gasteiger partial charge in [0.15, 0.2) is 0 Å². The Bertz CT molecular complexity index is 404. The Morgan fingerprint density at radius 3 is 2.84 bits per heavy atom. The third-order valence-electron chi connectivity index (χ3n) is 3.71. The number of rotatable bonds is 5. The van der Waals surface area contributed by atoms with Crippen LogP contribution in [0, 0.1) is 6.92 Å². The molecule has 1 saturated carbocycles. The number of nitrogens with one attached hydrogen (secondary N) is 1. The van der Waals surface area contributed by atoms with Crippen molar-refractivity contribution in [1.29, 1.82) is 0 Å². The summed E-state index contributed by atoms with van der Waals surface area (Å²) in [5.74, 6) is 7.23. The number of thioether (sulfide) groups is 1. The molecule has 0 amide bonds. The first-order chi connectivity index (χ1) is 9.20. The zero-order valence-electron chi connectivity index (χ0n) is 11.6. The van der Waals surface area contributed by atoms with Crippen molar-refractivity contribution in [3.63, 3.8) is 0 Å². The number of nitrogen functional groups attached to an aromatic ring is 1. The van der Waals surface area contributed by atoms with Gasteiger partial charge < -0.3 is 5.73 Å². The average molecular weight is 280 g/mol. The molecule has 1 aliphatic carbocycles. The second kappa shape index (κ2) is 7.12. The molecule has 1 fully saturated rings. The molecule has 0 spiro atoms. The van der Waals surface area contributed by atoms with E-state index in [-0.39, 0.29) is 6.04 Å². The van der Waals surface area contributed by atoms with Crippen LogP contribution < -0.4 is 17.0 Å². The number of anilines is 1. The van der Waals surface area contributed by atoms with Crippen molar-refractivity contribution in [3.05, 3.63) is 23.4 Å². The predicted octanol–water partition coefficient (Wildman–Crippen LogP) is 2.54. The van der Waals surface area contributed by atoms with Crippen LogP contribution in [0.4, 0.5) is 5.82 Å². The molecule has 19 heavy (non-hydrogen) atoms. The average Bonchev–Trinajstić information content (AvgIpc) is 2.44. The van der Waals surface area contributed by atoms with Crippen LogP contribution in [-0.4, -0.2) is 16.0 Å². The monoisotopic (exact) mass is 280 g/mol. The molecule has 4 nitrogen and oxygen atoms in total. The quantitative estimate of drug-likeness (QED) is 0.571. The maximum atomic E-state index is 5.96. The molecule has 0 bridgehead atoms. The van der Waals surface area contributed by atoms with Gasteiger partial charge in [-0.3, -0.25) is 11.3 Å². The Morgan fingerprint density at radius 2 is 2.16 bits per heavy atom. The molecule has 1 aromatic heterocycles. The van der Waals surface area contributed by atoms with E-state index in [2.05, 4.69) is 16.5 Å². The molecule has 1 unspecified atom stereocenters. The van der Waals surface area contributed by atoms with E-state index in [9.17, 15) is 0 Å². The number of hydrogen-bond donors (Lipinski definition) is 3. The summed E-state index contributed by atoms with van der Waals surface area (Å²) in [7, 11) is 0. The fourth-order valence-electron chi connectivity index (χ4n) is 2.57. The Morgan fingerprint density at radius 1 is 1.42 bits per heavy atom. The minimum atomic E-state index is 0.0827. The van der Waals surface area contributed by atoms with E-state index >= 15 is 0 Å². The minimum Gasteiger partial charge on any atom is -0.383 e. The lowest BCUT2D eigenvalue weighted by atomic mass is 10.0. The second-order valence-corrected chi connectivity index (χ2v) is 6.63. The molecule has 106 valence electrons. The van der Waals surface area contributed by atoms with E-state index in [0.29, 0.717) is 5.82 Å².